The number of methoxy groups -OCH3 is 2. The van der Waals surface area contributed by atoms with E-state index in [0.29, 0.717) is 11.5 Å². The van der Waals surface area contributed by atoms with Gasteiger partial charge in [0, 0.05) is 0 Å². The van der Waals surface area contributed by atoms with E-state index in [-0.39, 0.29) is 5.11 Å². The minimum absolute atomic E-state index is 0.122. The van der Waals surface area contributed by atoms with Crippen molar-refractivity contribution in [3.8, 4) is 11.5 Å². The fraction of sp³-hybridized carbons (Fsp3) is 0.200. The monoisotopic (exact) mass is 239 g/mol. The van der Waals surface area contributed by atoms with Gasteiger partial charge in [0.15, 0.2) is 16.6 Å². The van der Waals surface area contributed by atoms with Crippen LogP contribution < -0.4 is 20.6 Å². The zero-order valence-electron chi connectivity index (χ0n) is 9.06. The van der Waals surface area contributed by atoms with Gasteiger partial charge in [0.2, 0.25) is 0 Å². The number of nitrogens with zero attached hydrogens (tertiary/aromatic N) is 1. The van der Waals surface area contributed by atoms with E-state index in [0.717, 1.165) is 5.56 Å². The van der Waals surface area contributed by atoms with Crippen molar-refractivity contribution in [1.29, 1.82) is 0 Å². The maximum Gasteiger partial charge on any atom is 0.184 e. The molecule has 0 spiro atoms. The van der Waals surface area contributed by atoms with E-state index in [1.807, 2.05) is 6.07 Å². The van der Waals surface area contributed by atoms with Crippen LogP contribution in [-0.4, -0.2) is 25.5 Å². The van der Waals surface area contributed by atoms with E-state index in [9.17, 15) is 0 Å². The van der Waals surface area contributed by atoms with Gasteiger partial charge in [-0.05, 0) is 36.0 Å². The summed E-state index contributed by atoms with van der Waals surface area (Å²) in [5, 5.41) is 3.96. The first-order valence-corrected chi connectivity index (χ1v) is 4.88. The van der Waals surface area contributed by atoms with Crippen molar-refractivity contribution in [2.24, 2.45) is 10.8 Å². The second-order valence-corrected chi connectivity index (χ2v) is 3.29. The first kappa shape index (κ1) is 12.3. The number of hydrogen-bond donors (Lipinski definition) is 2. The van der Waals surface area contributed by atoms with Crippen LogP contribution in [0, 0.1) is 0 Å². The Kier molecular flexibility index (Phi) is 4.53. The maximum atomic E-state index is 5.22. The third kappa shape index (κ3) is 3.39. The summed E-state index contributed by atoms with van der Waals surface area (Å²) in [5.41, 5.74) is 8.54. The predicted octanol–water partition coefficient (Wildman–Crippen LogP) is 0.871. The number of hydrogen-bond acceptors (Lipinski definition) is 4. The Hall–Kier alpha value is -1.82. The Morgan fingerprint density at radius 1 is 1.38 bits per heavy atom. The van der Waals surface area contributed by atoms with Gasteiger partial charge >= 0.3 is 0 Å². The average molecular weight is 239 g/mol. The Morgan fingerprint density at radius 3 is 2.62 bits per heavy atom. The maximum absolute atomic E-state index is 5.22. The van der Waals surface area contributed by atoms with Crippen LogP contribution in [-0.2, 0) is 0 Å². The van der Waals surface area contributed by atoms with E-state index in [4.69, 9.17) is 15.2 Å². The van der Waals surface area contributed by atoms with Crippen LogP contribution in [0.4, 0.5) is 0 Å². The van der Waals surface area contributed by atoms with Crippen molar-refractivity contribution in [1.82, 2.24) is 5.43 Å². The minimum atomic E-state index is 0.122. The van der Waals surface area contributed by atoms with Crippen LogP contribution in [0.1, 0.15) is 5.56 Å². The number of ether oxygens (including phenoxy) is 2. The summed E-state index contributed by atoms with van der Waals surface area (Å²) in [6, 6.07) is 5.43. The van der Waals surface area contributed by atoms with Crippen molar-refractivity contribution < 1.29 is 9.47 Å². The first-order valence-electron chi connectivity index (χ1n) is 4.48. The van der Waals surface area contributed by atoms with Crippen molar-refractivity contribution >= 4 is 23.5 Å². The molecule has 0 aromatic heterocycles. The molecule has 6 heteroatoms. The zero-order valence-corrected chi connectivity index (χ0v) is 9.88. The lowest BCUT2D eigenvalue weighted by Gasteiger charge is -2.07. The number of rotatable bonds is 4. The van der Waals surface area contributed by atoms with Gasteiger partial charge in [0.1, 0.15) is 0 Å². The van der Waals surface area contributed by atoms with Crippen LogP contribution in [0.25, 0.3) is 0 Å². The molecule has 0 aliphatic rings. The van der Waals surface area contributed by atoms with Crippen LogP contribution in [0.15, 0.2) is 23.3 Å². The quantitative estimate of drug-likeness (QED) is 0.463. The SMILES string of the molecule is COc1ccc(/C=N\NC(N)=S)cc1OC. The third-order valence-electron chi connectivity index (χ3n) is 1.80. The molecule has 0 saturated carbocycles. The molecule has 0 atom stereocenters. The highest BCUT2D eigenvalue weighted by Gasteiger charge is 2.02. The molecule has 16 heavy (non-hydrogen) atoms. The van der Waals surface area contributed by atoms with Crippen molar-refractivity contribution in [3.63, 3.8) is 0 Å². The van der Waals surface area contributed by atoms with Gasteiger partial charge < -0.3 is 15.2 Å². The molecular formula is C10H13N3O2S. The second-order valence-electron chi connectivity index (χ2n) is 2.85. The molecule has 3 N–H and O–H groups in total. The minimum Gasteiger partial charge on any atom is -0.493 e. The van der Waals surface area contributed by atoms with Crippen LogP contribution in [0.2, 0.25) is 0 Å². The van der Waals surface area contributed by atoms with Crippen molar-refractivity contribution in [2.75, 3.05) is 14.2 Å². The standard InChI is InChI=1S/C10H13N3O2S/c1-14-8-4-3-7(5-9(8)15-2)6-12-13-10(11)16/h3-6H,1-2H3,(H3,11,13,16)/b12-6-. The lowest BCUT2D eigenvalue weighted by Crippen LogP contribution is -2.23. The fourth-order valence-corrected chi connectivity index (χ4v) is 1.16. The summed E-state index contributed by atoms with van der Waals surface area (Å²) in [6.45, 7) is 0. The van der Waals surface area contributed by atoms with Crippen LogP contribution >= 0.6 is 12.2 Å². The van der Waals surface area contributed by atoms with Crippen LogP contribution in [0.3, 0.4) is 0 Å². The lowest BCUT2D eigenvalue weighted by atomic mass is 10.2. The first-order chi connectivity index (χ1) is 7.67. The number of benzene rings is 1. The number of nitrogens with two attached hydrogens (primary N) is 1. The number of nitrogens with one attached hydrogen (secondary N) is 1. The molecule has 0 amide bonds. The molecule has 0 radical (unpaired) electrons. The van der Waals surface area contributed by atoms with E-state index < -0.39 is 0 Å². The molecule has 0 unspecified atom stereocenters. The van der Waals surface area contributed by atoms with Gasteiger partial charge in [-0.1, -0.05) is 0 Å². The molecule has 0 aliphatic heterocycles. The van der Waals surface area contributed by atoms with E-state index >= 15 is 0 Å². The molecule has 5 nitrogen and oxygen atoms in total. The smallest absolute Gasteiger partial charge is 0.184 e. The molecular weight excluding hydrogens is 226 g/mol. The van der Waals surface area contributed by atoms with E-state index in [2.05, 4.69) is 22.7 Å². The van der Waals surface area contributed by atoms with Gasteiger partial charge in [-0.25, -0.2) is 0 Å². The molecule has 0 aliphatic carbocycles. The highest BCUT2D eigenvalue weighted by Crippen LogP contribution is 2.26. The molecule has 1 aromatic rings. The normalized spacial score (nSPS) is 10.1. The molecule has 1 aromatic carbocycles. The molecule has 0 fully saturated rings. The molecule has 0 saturated heterocycles. The molecule has 1 rings (SSSR count). The van der Waals surface area contributed by atoms with Gasteiger partial charge in [-0.3, -0.25) is 5.43 Å². The van der Waals surface area contributed by atoms with Gasteiger partial charge in [-0.2, -0.15) is 5.10 Å². The second kappa shape index (κ2) is 5.92. The Balaban J connectivity index is 2.82. The number of hydrazone groups is 1. The third-order valence-corrected chi connectivity index (χ3v) is 1.89. The topological polar surface area (TPSA) is 68.9 Å². The summed E-state index contributed by atoms with van der Waals surface area (Å²) in [4.78, 5) is 0. The van der Waals surface area contributed by atoms with Crippen molar-refractivity contribution in [3.05, 3.63) is 23.8 Å². The van der Waals surface area contributed by atoms with Crippen molar-refractivity contribution in [2.45, 2.75) is 0 Å². The van der Waals surface area contributed by atoms with E-state index in [1.165, 1.54) is 0 Å². The highest BCUT2D eigenvalue weighted by molar-refractivity contribution is 7.80. The average Bonchev–Trinajstić information content (AvgIpc) is 2.28. The summed E-state index contributed by atoms with van der Waals surface area (Å²) in [7, 11) is 3.16. The molecule has 86 valence electrons. The zero-order chi connectivity index (χ0) is 12.0. The van der Waals surface area contributed by atoms with Gasteiger partial charge in [-0.15, -0.1) is 0 Å². The van der Waals surface area contributed by atoms with Gasteiger partial charge in [0.05, 0.1) is 20.4 Å². The largest absolute Gasteiger partial charge is 0.493 e. The molecule has 0 bridgehead atoms. The van der Waals surface area contributed by atoms with E-state index in [1.54, 1.807) is 32.6 Å². The summed E-state index contributed by atoms with van der Waals surface area (Å²) < 4.78 is 10.3. The Morgan fingerprint density at radius 2 is 2.06 bits per heavy atom. The highest BCUT2D eigenvalue weighted by atomic mass is 32.1. The van der Waals surface area contributed by atoms with Gasteiger partial charge in [0.25, 0.3) is 0 Å². The Labute approximate surface area is 99.2 Å². The molecule has 0 heterocycles. The summed E-state index contributed by atoms with van der Waals surface area (Å²) >= 11 is 4.61. The van der Waals surface area contributed by atoms with Crippen LogP contribution in [0.5, 0.6) is 11.5 Å². The summed E-state index contributed by atoms with van der Waals surface area (Å²) in [5.74, 6) is 1.31. The predicted molar refractivity (Wildman–Crippen MR) is 67.1 cm³/mol. The summed E-state index contributed by atoms with van der Waals surface area (Å²) in [6.07, 6.45) is 1.58. The Bertz CT molecular complexity index is 407. The fourth-order valence-electron chi connectivity index (χ4n) is 1.10. The number of thiocarbonyl (C=S) groups is 1. The lowest BCUT2D eigenvalue weighted by molar-refractivity contribution is 0.355.